The maximum atomic E-state index is 12.6. The Morgan fingerprint density at radius 2 is 1.96 bits per heavy atom. The molecule has 134 valence electrons. The zero-order chi connectivity index (χ0) is 18.4. The quantitative estimate of drug-likeness (QED) is 0.659. The van der Waals surface area contributed by atoms with Gasteiger partial charge in [0, 0.05) is 6.20 Å². The van der Waals surface area contributed by atoms with E-state index in [-0.39, 0.29) is 16.4 Å². The molecule has 7 heteroatoms. The summed E-state index contributed by atoms with van der Waals surface area (Å²) in [6.45, 7) is 2.12. The van der Waals surface area contributed by atoms with Gasteiger partial charge in [-0.15, -0.1) is 0 Å². The second kappa shape index (κ2) is 8.34. The minimum Gasteiger partial charge on any atom is -0.319 e. The van der Waals surface area contributed by atoms with E-state index in [1.54, 1.807) is 12.3 Å². The number of amides is 1. The molecule has 25 heavy (non-hydrogen) atoms. The average molecular weight is 371 g/mol. The highest BCUT2D eigenvalue weighted by Crippen LogP contribution is 2.33. The zero-order valence-electron chi connectivity index (χ0n) is 13.7. The van der Waals surface area contributed by atoms with Crippen LogP contribution in [0, 0.1) is 0 Å². The van der Waals surface area contributed by atoms with Crippen molar-refractivity contribution in [1.82, 2.24) is 4.98 Å². The topological polar surface area (TPSA) is 42.0 Å². The summed E-state index contributed by atoms with van der Waals surface area (Å²) in [7, 11) is 0. The highest BCUT2D eigenvalue weighted by Gasteiger charge is 2.31. The number of nitrogens with zero attached hydrogens (tertiary/aromatic N) is 1. The van der Waals surface area contributed by atoms with E-state index < -0.39 is 17.6 Å². The number of carbonyl (C=O) groups excluding carboxylic acids is 1. The van der Waals surface area contributed by atoms with Crippen molar-refractivity contribution < 1.29 is 18.0 Å². The summed E-state index contributed by atoms with van der Waals surface area (Å²) in [5.41, 5.74) is 0.450. The minimum absolute atomic E-state index is 0.105. The molecule has 3 nitrogen and oxygen atoms in total. The van der Waals surface area contributed by atoms with Crippen molar-refractivity contribution in [3.8, 4) is 0 Å². The zero-order valence-corrected chi connectivity index (χ0v) is 14.4. The minimum atomic E-state index is -4.48. The smallest absolute Gasteiger partial charge is 0.319 e. The number of unbranched alkanes of at least 4 members (excludes halogenated alkanes) is 2. The van der Waals surface area contributed by atoms with Crippen molar-refractivity contribution in [3.63, 3.8) is 0 Å². The number of benzene rings is 1. The summed E-state index contributed by atoms with van der Waals surface area (Å²) < 4.78 is 37.9. The lowest BCUT2D eigenvalue weighted by molar-refractivity contribution is -0.137. The molecule has 0 atom stereocenters. The van der Waals surface area contributed by atoms with Gasteiger partial charge in [-0.05, 0) is 42.7 Å². The van der Waals surface area contributed by atoms with Crippen molar-refractivity contribution in [2.45, 2.75) is 38.8 Å². The molecule has 0 spiro atoms. The highest BCUT2D eigenvalue weighted by atomic mass is 35.5. The van der Waals surface area contributed by atoms with E-state index in [1.807, 2.05) is 6.07 Å². The third-order valence-electron chi connectivity index (χ3n) is 3.67. The highest BCUT2D eigenvalue weighted by molar-refractivity contribution is 6.34. The summed E-state index contributed by atoms with van der Waals surface area (Å²) >= 11 is 5.83. The van der Waals surface area contributed by atoms with Crippen LogP contribution in [0.15, 0.2) is 36.5 Å². The number of anilines is 1. The molecule has 0 aliphatic carbocycles. The Morgan fingerprint density at radius 1 is 1.20 bits per heavy atom. The van der Waals surface area contributed by atoms with Crippen LogP contribution < -0.4 is 5.32 Å². The fourth-order valence-corrected chi connectivity index (χ4v) is 2.49. The largest absolute Gasteiger partial charge is 0.416 e. The van der Waals surface area contributed by atoms with Crippen molar-refractivity contribution in [3.05, 3.63) is 58.4 Å². The molecule has 1 heterocycles. The molecule has 2 rings (SSSR count). The number of hydrogen-bond acceptors (Lipinski definition) is 2. The maximum Gasteiger partial charge on any atom is 0.416 e. The van der Waals surface area contributed by atoms with Crippen LogP contribution >= 0.6 is 11.6 Å². The number of carbonyl (C=O) groups is 1. The van der Waals surface area contributed by atoms with E-state index in [0.717, 1.165) is 49.4 Å². The van der Waals surface area contributed by atoms with Gasteiger partial charge in [0.1, 0.15) is 5.69 Å². The second-order valence-electron chi connectivity index (χ2n) is 5.66. The Bertz CT molecular complexity index is 730. The first-order chi connectivity index (χ1) is 11.8. The Hall–Kier alpha value is -2.08. The van der Waals surface area contributed by atoms with E-state index in [4.69, 9.17) is 11.6 Å². The number of nitrogens with one attached hydrogen (secondary N) is 1. The molecule has 0 bridgehead atoms. The summed E-state index contributed by atoms with van der Waals surface area (Å²) in [6.07, 6.45) is 1.37. The predicted molar refractivity (Wildman–Crippen MR) is 91.9 cm³/mol. The maximum absolute atomic E-state index is 12.6. The molecule has 2 aromatic rings. The molecular weight excluding hydrogens is 353 g/mol. The SMILES string of the molecule is CCCCCc1ccc(C(=O)Nc2ccc(C(F)(F)F)cc2Cl)nc1. The third-order valence-corrected chi connectivity index (χ3v) is 3.98. The first-order valence-electron chi connectivity index (χ1n) is 7.94. The normalized spacial score (nSPS) is 11.4. The number of alkyl halides is 3. The number of hydrogen-bond donors (Lipinski definition) is 1. The lowest BCUT2D eigenvalue weighted by atomic mass is 10.1. The molecule has 0 aliphatic rings. The van der Waals surface area contributed by atoms with E-state index >= 15 is 0 Å². The molecule has 1 aromatic carbocycles. The van der Waals surface area contributed by atoms with Crippen LogP contribution in [0.25, 0.3) is 0 Å². The molecular formula is C18H18ClF3N2O. The third kappa shape index (κ3) is 5.46. The fourth-order valence-electron chi connectivity index (χ4n) is 2.26. The monoisotopic (exact) mass is 370 g/mol. The standard InChI is InChI=1S/C18H18ClF3N2O/c1-2-3-4-5-12-6-8-16(23-11-12)17(25)24-15-9-7-13(10-14(15)19)18(20,21)22/h6-11H,2-5H2,1H3,(H,24,25). The lowest BCUT2D eigenvalue weighted by Crippen LogP contribution is -2.14. The fraction of sp³-hybridized carbons (Fsp3) is 0.333. The van der Waals surface area contributed by atoms with Crippen LogP contribution in [0.5, 0.6) is 0 Å². The van der Waals surface area contributed by atoms with Crippen LogP contribution in [0.1, 0.15) is 47.8 Å². The van der Waals surface area contributed by atoms with Gasteiger partial charge in [-0.3, -0.25) is 9.78 Å². The van der Waals surface area contributed by atoms with E-state index in [1.165, 1.54) is 0 Å². The molecule has 0 fully saturated rings. The second-order valence-corrected chi connectivity index (χ2v) is 6.06. The predicted octanol–water partition coefficient (Wildman–Crippen LogP) is 5.74. The van der Waals surface area contributed by atoms with Crippen LogP contribution in [0.2, 0.25) is 5.02 Å². The summed E-state index contributed by atoms with van der Waals surface area (Å²) in [5.74, 6) is -0.526. The first kappa shape index (κ1) is 19.2. The van der Waals surface area contributed by atoms with Crippen molar-refractivity contribution in [1.29, 1.82) is 0 Å². The molecule has 1 amide bonds. The van der Waals surface area contributed by atoms with Gasteiger partial charge in [0.25, 0.3) is 5.91 Å². The number of halogens is 4. The van der Waals surface area contributed by atoms with Gasteiger partial charge in [-0.25, -0.2) is 0 Å². The van der Waals surface area contributed by atoms with Crippen LogP contribution in [-0.2, 0) is 12.6 Å². The van der Waals surface area contributed by atoms with Crippen molar-refractivity contribution in [2.75, 3.05) is 5.32 Å². The number of pyridine rings is 1. The molecule has 1 aromatic heterocycles. The Balaban J connectivity index is 2.04. The molecule has 0 radical (unpaired) electrons. The van der Waals surface area contributed by atoms with E-state index in [9.17, 15) is 18.0 Å². The van der Waals surface area contributed by atoms with Crippen LogP contribution in [0.4, 0.5) is 18.9 Å². The first-order valence-corrected chi connectivity index (χ1v) is 8.32. The Labute approximate surface area is 149 Å². The van der Waals surface area contributed by atoms with Crippen LogP contribution in [0.3, 0.4) is 0 Å². The van der Waals surface area contributed by atoms with Crippen LogP contribution in [-0.4, -0.2) is 10.9 Å². The Morgan fingerprint density at radius 3 is 2.52 bits per heavy atom. The lowest BCUT2D eigenvalue weighted by Gasteiger charge is -2.11. The molecule has 1 N–H and O–H groups in total. The molecule has 0 saturated carbocycles. The number of aryl methyl sites for hydroxylation is 1. The van der Waals surface area contributed by atoms with Gasteiger partial charge in [0.05, 0.1) is 16.3 Å². The summed E-state index contributed by atoms with van der Waals surface area (Å²) in [5, 5.41) is 2.30. The number of rotatable bonds is 6. The van der Waals surface area contributed by atoms with Gasteiger partial charge in [0.15, 0.2) is 0 Å². The van der Waals surface area contributed by atoms with Crippen molar-refractivity contribution >= 4 is 23.2 Å². The van der Waals surface area contributed by atoms with Gasteiger partial charge in [-0.2, -0.15) is 13.2 Å². The Kier molecular flexibility index (Phi) is 6.42. The summed E-state index contributed by atoms with van der Waals surface area (Å²) in [4.78, 5) is 16.3. The van der Waals surface area contributed by atoms with Gasteiger partial charge < -0.3 is 5.32 Å². The van der Waals surface area contributed by atoms with Gasteiger partial charge >= 0.3 is 6.18 Å². The van der Waals surface area contributed by atoms with E-state index in [0.29, 0.717) is 0 Å². The molecule has 0 saturated heterocycles. The summed E-state index contributed by atoms with van der Waals surface area (Å²) in [6, 6.07) is 6.19. The van der Waals surface area contributed by atoms with Gasteiger partial charge in [0.2, 0.25) is 0 Å². The molecule has 0 unspecified atom stereocenters. The average Bonchev–Trinajstić information content (AvgIpc) is 2.56. The van der Waals surface area contributed by atoms with E-state index in [2.05, 4.69) is 17.2 Å². The number of aromatic nitrogens is 1. The van der Waals surface area contributed by atoms with Crippen molar-refractivity contribution in [2.24, 2.45) is 0 Å². The molecule has 0 aliphatic heterocycles. The van der Waals surface area contributed by atoms with Gasteiger partial charge in [-0.1, -0.05) is 37.4 Å².